The first-order valence-corrected chi connectivity index (χ1v) is 5.47. The number of aromatic nitrogens is 2. The average Bonchev–Trinajstić information content (AvgIpc) is 2.38. The Labute approximate surface area is 112 Å². The lowest BCUT2D eigenvalue weighted by Gasteiger charge is -2.11. The molecule has 0 aliphatic rings. The Kier molecular flexibility index (Phi) is 3.55. The minimum atomic E-state index is -4.44. The van der Waals surface area contributed by atoms with Crippen LogP contribution >= 0.6 is 0 Å². The number of nitrogens with one attached hydrogen (secondary N) is 2. The van der Waals surface area contributed by atoms with E-state index in [2.05, 4.69) is 15.3 Å². The number of nitrogens with two attached hydrogens (primary N) is 1. The Morgan fingerprint density at radius 2 is 1.90 bits per heavy atom. The molecule has 20 heavy (non-hydrogen) atoms. The van der Waals surface area contributed by atoms with E-state index in [4.69, 9.17) is 11.1 Å². The molecule has 104 valence electrons. The van der Waals surface area contributed by atoms with Crippen LogP contribution in [0.25, 0.3) is 0 Å². The Bertz CT molecular complexity index is 639. The van der Waals surface area contributed by atoms with Gasteiger partial charge in [0.05, 0.1) is 5.56 Å². The minimum absolute atomic E-state index is 0.0250. The van der Waals surface area contributed by atoms with Crippen LogP contribution in [0.1, 0.15) is 11.3 Å². The molecule has 1 aromatic heterocycles. The second-order valence-electron chi connectivity index (χ2n) is 3.87. The van der Waals surface area contributed by atoms with Crippen LogP contribution in [0, 0.1) is 5.41 Å². The van der Waals surface area contributed by atoms with Crippen LogP contribution < -0.4 is 11.1 Å². The number of anilines is 2. The summed E-state index contributed by atoms with van der Waals surface area (Å²) in [6, 6.07) is 4.52. The highest BCUT2D eigenvalue weighted by molar-refractivity contribution is 6.07. The first-order chi connectivity index (χ1) is 9.38. The fraction of sp³-hybridized carbons (Fsp3) is 0.0833. The summed E-state index contributed by atoms with van der Waals surface area (Å²) in [7, 11) is 0. The van der Waals surface area contributed by atoms with Crippen LogP contribution in [0.5, 0.6) is 0 Å². The van der Waals surface area contributed by atoms with Crippen molar-refractivity contribution in [2.75, 3.05) is 11.1 Å². The van der Waals surface area contributed by atoms with Gasteiger partial charge in [-0.2, -0.15) is 13.2 Å². The van der Waals surface area contributed by atoms with E-state index in [1.165, 1.54) is 24.5 Å². The normalized spacial score (nSPS) is 11.2. The van der Waals surface area contributed by atoms with E-state index < -0.39 is 11.7 Å². The van der Waals surface area contributed by atoms with Gasteiger partial charge in [-0.25, -0.2) is 9.97 Å². The zero-order chi connectivity index (χ0) is 14.8. The number of alkyl halides is 3. The fourth-order valence-corrected chi connectivity index (χ4v) is 1.52. The summed E-state index contributed by atoms with van der Waals surface area (Å²) in [6.07, 6.45) is -1.74. The number of nitrogens with zero attached hydrogens (tertiary/aromatic N) is 2. The third kappa shape index (κ3) is 3.02. The summed E-state index contributed by atoms with van der Waals surface area (Å²) in [5, 5.41) is 10.3. The average molecular weight is 281 g/mol. The van der Waals surface area contributed by atoms with Crippen molar-refractivity contribution in [2.24, 2.45) is 0 Å². The van der Waals surface area contributed by atoms with Gasteiger partial charge in [0.1, 0.15) is 5.69 Å². The molecule has 0 atom stereocenters. The van der Waals surface area contributed by atoms with Gasteiger partial charge < -0.3 is 11.1 Å². The van der Waals surface area contributed by atoms with Gasteiger partial charge in [0.2, 0.25) is 0 Å². The van der Waals surface area contributed by atoms with Crippen LogP contribution in [0.4, 0.5) is 24.7 Å². The predicted molar refractivity (Wildman–Crippen MR) is 68.3 cm³/mol. The van der Waals surface area contributed by atoms with Gasteiger partial charge in [-0.05, 0) is 18.2 Å². The number of nitrogen functional groups attached to an aromatic ring is 1. The van der Waals surface area contributed by atoms with Crippen molar-refractivity contribution >= 4 is 17.3 Å². The molecule has 1 aromatic carbocycles. The SMILES string of the molecule is N=C(Nc1cccc(C(F)(F)F)c1)c1nccnc1N. The Morgan fingerprint density at radius 1 is 1.20 bits per heavy atom. The highest BCUT2D eigenvalue weighted by Gasteiger charge is 2.30. The van der Waals surface area contributed by atoms with Gasteiger partial charge in [-0.15, -0.1) is 0 Å². The zero-order valence-corrected chi connectivity index (χ0v) is 10.1. The van der Waals surface area contributed by atoms with Crippen molar-refractivity contribution in [1.29, 1.82) is 5.41 Å². The summed E-state index contributed by atoms with van der Waals surface area (Å²) in [6.45, 7) is 0. The van der Waals surface area contributed by atoms with Gasteiger partial charge in [0.25, 0.3) is 0 Å². The molecular weight excluding hydrogens is 271 g/mol. The Hall–Kier alpha value is -2.64. The van der Waals surface area contributed by atoms with Crippen molar-refractivity contribution in [3.05, 3.63) is 47.9 Å². The van der Waals surface area contributed by atoms with Gasteiger partial charge >= 0.3 is 6.18 Å². The first kappa shape index (κ1) is 13.8. The smallest absolute Gasteiger partial charge is 0.382 e. The molecule has 0 amide bonds. The van der Waals surface area contributed by atoms with Crippen molar-refractivity contribution < 1.29 is 13.2 Å². The Balaban J connectivity index is 2.23. The van der Waals surface area contributed by atoms with Gasteiger partial charge in [-0.3, -0.25) is 5.41 Å². The topological polar surface area (TPSA) is 87.7 Å². The number of hydrogen-bond acceptors (Lipinski definition) is 4. The first-order valence-electron chi connectivity index (χ1n) is 5.47. The number of amidine groups is 1. The maximum atomic E-state index is 12.6. The number of rotatable bonds is 2. The van der Waals surface area contributed by atoms with Gasteiger partial charge in [-0.1, -0.05) is 6.07 Å². The van der Waals surface area contributed by atoms with Crippen LogP contribution in [0.2, 0.25) is 0 Å². The van der Waals surface area contributed by atoms with E-state index in [9.17, 15) is 13.2 Å². The lowest BCUT2D eigenvalue weighted by atomic mass is 10.2. The van der Waals surface area contributed by atoms with Gasteiger partial charge in [0, 0.05) is 18.1 Å². The molecule has 0 saturated carbocycles. The highest BCUT2D eigenvalue weighted by atomic mass is 19.4. The van der Waals surface area contributed by atoms with Crippen LogP contribution in [-0.2, 0) is 6.18 Å². The van der Waals surface area contributed by atoms with E-state index in [-0.39, 0.29) is 23.0 Å². The van der Waals surface area contributed by atoms with Crippen LogP contribution in [0.15, 0.2) is 36.7 Å². The monoisotopic (exact) mass is 281 g/mol. The number of halogens is 3. The van der Waals surface area contributed by atoms with Crippen LogP contribution in [0.3, 0.4) is 0 Å². The van der Waals surface area contributed by atoms with Crippen molar-refractivity contribution in [3.63, 3.8) is 0 Å². The molecule has 2 rings (SSSR count). The van der Waals surface area contributed by atoms with E-state index in [1.807, 2.05) is 0 Å². The molecule has 0 fully saturated rings. The van der Waals surface area contributed by atoms with E-state index in [0.29, 0.717) is 0 Å². The summed E-state index contributed by atoms with van der Waals surface area (Å²) in [4.78, 5) is 7.60. The molecule has 0 bridgehead atoms. The van der Waals surface area contributed by atoms with Crippen molar-refractivity contribution in [2.45, 2.75) is 6.18 Å². The summed E-state index contributed by atoms with van der Waals surface area (Å²) in [5.41, 5.74) is 4.93. The van der Waals surface area contributed by atoms with E-state index in [1.54, 1.807) is 0 Å². The maximum Gasteiger partial charge on any atom is 0.416 e. The number of hydrogen-bond donors (Lipinski definition) is 3. The fourth-order valence-electron chi connectivity index (χ4n) is 1.52. The molecule has 8 heteroatoms. The molecule has 0 spiro atoms. The van der Waals surface area contributed by atoms with E-state index >= 15 is 0 Å². The lowest BCUT2D eigenvalue weighted by molar-refractivity contribution is -0.137. The summed E-state index contributed by atoms with van der Waals surface area (Å²) >= 11 is 0. The second-order valence-corrected chi connectivity index (χ2v) is 3.87. The maximum absolute atomic E-state index is 12.6. The lowest BCUT2D eigenvalue weighted by Crippen LogP contribution is -2.17. The third-order valence-corrected chi connectivity index (χ3v) is 2.42. The third-order valence-electron chi connectivity index (χ3n) is 2.42. The summed E-state index contributed by atoms with van der Waals surface area (Å²) < 4.78 is 37.7. The predicted octanol–water partition coefficient (Wildman–Crippen LogP) is 2.52. The van der Waals surface area contributed by atoms with E-state index in [0.717, 1.165) is 12.1 Å². The second kappa shape index (κ2) is 5.16. The molecule has 0 aliphatic heterocycles. The molecular formula is C12H10F3N5. The standard InChI is InChI=1S/C12H10F3N5/c13-12(14,15)7-2-1-3-8(6-7)20-11(17)9-10(16)19-5-4-18-9/h1-6H,(H2,16,19)(H2,17,20). The van der Waals surface area contributed by atoms with Crippen molar-refractivity contribution in [3.8, 4) is 0 Å². The van der Waals surface area contributed by atoms with Crippen molar-refractivity contribution in [1.82, 2.24) is 9.97 Å². The minimum Gasteiger partial charge on any atom is -0.382 e. The van der Waals surface area contributed by atoms with Crippen LogP contribution in [-0.4, -0.2) is 15.8 Å². The molecule has 0 radical (unpaired) electrons. The molecule has 0 saturated heterocycles. The summed E-state index contributed by atoms with van der Waals surface area (Å²) in [5.74, 6) is -0.202. The highest BCUT2D eigenvalue weighted by Crippen LogP contribution is 2.30. The van der Waals surface area contributed by atoms with Gasteiger partial charge in [0.15, 0.2) is 11.7 Å². The molecule has 0 unspecified atom stereocenters. The molecule has 4 N–H and O–H groups in total. The zero-order valence-electron chi connectivity index (χ0n) is 10.1. The largest absolute Gasteiger partial charge is 0.416 e. The Morgan fingerprint density at radius 3 is 2.55 bits per heavy atom. The molecule has 0 aliphatic carbocycles. The molecule has 1 heterocycles. The number of benzene rings is 1. The molecule has 2 aromatic rings. The molecule has 5 nitrogen and oxygen atoms in total. The quantitative estimate of drug-likeness (QED) is 0.583.